The van der Waals surface area contributed by atoms with Gasteiger partial charge in [0.05, 0.1) is 0 Å². The topological polar surface area (TPSA) is 83.6 Å². The normalized spacial score (nSPS) is 10.7. The molecule has 0 bridgehead atoms. The predicted octanol–water partition coefficient (Wildman–Crippen LogP) is 3.48. The summed E-state index contributed by atoms with van der Waals surface area (Å²) in [4.78, 5) is 27.5. The second kappa shape index (κ2) is 5.84. The Labute approximate surface area is 127 Å². The fraction of sp³-hybridized carbons (Fsp3) is 0.143. The van der Waals surface area contributed by atoms with Gasteiger partial charge in [0, 0.05) is 26.2 Å². The summed E-state index contributed by atoms with van der Waals surface area (Å²) in [6.07, 6.45) is 6.09. The molecule has 2 N–H and O–H groups in total. The standard InChI is InChI=1S/C14H13N5OS.2H2/c1-2-3-4-11(20)19-14-18-10(7-21-14)12-9-5-6-15-13(9)17-8-16-12;;/h2,5-8H,1,3-4H2,(H,15,16,17)(H,18,19,20);2*1H. The Morgan fingerprint density at radius 3 is 3.29 bits per heavy atom. The van der Waals surface area contributed by atoms with E-state index in [0.717, 1.165) is 22.4 Å². The number of nitrogens with zero attached hydrogens (tertiary/aromatic N) is 3. The third-order valence-corrected chi connectivity index (χ3v) is 3.68. The second-order valence-electron chi connectivity index (χ2n) is 4.38. The highest BCUT2D eigenvalue weighted by Gasteiger charge is 2.12. The van der Waals surface area contributed by atoms with E-state index in [9.17, 15) is 4.79 Å². The Morgan fingerprint density at radius 1 is 1.52 bits per heavy atom. The number of thiazole rings is 1. The van der Waals surface area contributed by atoms with Gasteiger partial charge in [-0.25, -0.2) is 15.0 Å². The first-order valence-electron chi connectivity index (χ1n) is 6.42. The van der Waals surface area contributed by atoms with Crippen molar-refractivity contribution in [1.82, 2.24) is 19.9 Å². The Bertz CT molecular complexity index is 801. The first-order valence-corrected chi connectivity index (χ1v) is 7.30. The van der Waals surface area contributed by atoms with Crippen molar-refractivity contribution >= 4 is 33.4 Å². The zero-order chi connectivity index (χ0) is 14.7. The summed E-state index contributed by atoms with van der Waals surface area (Å²) in [5, 5.41) is 6.13. The summed E-state index contributed by atoms with van der Waals surface area (Å²) in [5.41, 5.74) is 2.25. The maximum absolute atomic E-state index is 11.7. The van der Waals surface area contributed by atoms with Crippen LogP contribution >= 0.6 is 11.3 Å². The van der Waals surface area contributed by atoms with Crippen LogP contribution in [0.3, 0.4) is 0 Å². The van der Waals surface area contributed by atoms with Gasteiger partial charge in [-0.3, -0.25) is 4.79 Å². The highest BCUT2D eigenvalue weighted by molar-refractivity contribution is 7.14. The number of amides is 1. The van der Waals surface area contributed by atoms with E-state index < -0.39 is 0 Å². The number of allylic oxidation sites excluding steroid dienone is 1. The summed E-state index contributed by atoms with van der Waals surface area (Å²) < 4.78 is 0. The number of hydrogen-bond acceptors (Lipinski definition) is 5. The van der Waals surface area contributed by atoms with E-state index in [1.54, 1.807) is 6.08 Å². The lowest BCUT2D eigenvalue weighted by molar-refractivity contribution is -0.116. The molecule has 0 aliphatic rings. The average molecular weight is 303 g/mol. The van der Waals surface area contributed by atoms with Crippen LogP contribution in [0.1, 0.15) is 15.7 Å². The van der Waals surface area contributed by atoms with Gasteiger partial charge < -0.3 is 10.3 Å². The Morgan fingerprint density at radius 2 is 2.43 bits per heavy atom. The van der Waals surface area contributed by atoms with Gasteiger partial charge in [-0.1, -0.05) is 6.08 Å². The molecule has 110 valence electrons. The Hall–Kier alpha value is -2.54. The van der Waals surface area contributed by atoms with E-state index in [1.807, 2.05) is 17.6 Å². The largest absolute Gasteiger partial charge is 0.346 e. The van der Waals surface area contributed by atoms with E-state index >= 15 is 0 Å². The van der Waals surface area contributed by atoms with Gasteiger partial charge in [0.15, 0.2) is 5.13 Å². The van der Waals surface area contributed by atoms with Crippen LogP contribution in [0.4, 0.5) is 5.13 Å². The van der Waals surface area contributed by atoms with Crippen LogP contribution in [0.15, 0.2) is 36.6 Å². The van der Waals surface area contributed by atoms with Crippen LogP contribution in [-0.2, 0) is 4.79 Å². The van der Waals surface area contributed by atoms with Crippen LogP contribution in [0.25, 0.3) is 22.4 Å². The molecule has 0 aliphatic heterocycles. The van der Waals surface area contributed by atoms with Crippen molar-refractivity contribution in [2.45, 2.75) is 12.8 Å². The first kappa shape index (κ1) is 13.4. The molecule has 0 saturated carbocycles. The van der Waals surface area contributed by atoms with Crippen LogP contribution in [0.5, 0.6) is 0 Å². The number of fused-ring (bicyclic) bond motifs is 1. The van der Waals surface area contributed by atoms with Crippen molar-refractivity contribution in [3.8, 4) is 11.4 Å². The molecule has 1 amide bonds. The van der Waals surface area contributed by atoms with E-state index in [2.05, 4.69) is 31.8 Å². The van der Waals surface area contributed by atoms with Crippen molar-refractivity contribution < 1.29 is 7.65 Å². The smallest absolute Gasteiger partial charge is 0.226 e. The molecular weight excluding hydrogens is 286 g/mol. The second-order valence-corrected chi connectivity index (χ2v) is 5.23. The molecule has 3 rings (SSSR count). The number of carbonyl (C=O) groups is 1. The molecule has 0 radical (unpaired) electrons. The van der Waals surface area contributed by atoms with Crippen LogP contribution in [-0.4, -0.2) is 25.8 Å². The number of rotatable bonds is 5. The van der Waals surface area contributed by atoms with Crippen molar-refractivity contribution in [2.24, 2.45) is 0 Å². The molecule has 6 nitrogen and oxygen atoms in total. The molecule has 0 spiro atoms. The molecule has 7 heteroatoms. The number of H-pyrrole nitrogens is 1. The molecule has 0 atom stereocenters. The Kier molecular flexibility index (Phi) is 3.74. The van der Waals surface area contributed by atoms with Crippen molar-refractivity contribution in [2.75, 3.05) is 5.32 Å². The zero-order valence-corrected chi connectivity index (χ0v) is 12.0. The lowest BCUT2D eigenvalue weighted by atomic mass is 10.2. The molecule has 0 fully saturated rings. The van der Waals surface area contributed by atoms with Crippen LogP contribution in [0.2, 0.25) is 0 Å². The molecule has 3 heterocycles. The van der Waals surface area contributed by atoms with Gasteiger partial charge in [-0.2, -0.15) is 0 Å². The Balaban J connectivity index is 0.00000132. The predicted molar refractivity (Wildman–Crippen MR) is 87.3 cm³/mol. The molecule has 0 unspecified atom stereocenters. The number of aromatic amines is 1. The third kappa shape index (κ3) is 2.82. The van der Waals surface area contributed by atoms with Gasteiger partial charge >= 0.3 is 0 Å². The quantitative estimate of drug-likeness (QED) is 0.707. The number of hydrogen-bond donors (Lipinski definition) is 2. The molecule has 21 heavy (non-hydrogen) atoms. The lowest BCUT2D eigenvalue weighted by Gasteiger charge is -1.99. The fourth-order valence-electron chi connectivity index (χ4n) is 1.93. The summed E-state index contributed by atoms with van der Waals surface area (Å²) in [6.45, 7) is 3.60. The number of aromatic nitrogens is 4. The molecule has 0 aliphatic carbocycles. The van der Waals surface area contributed by atoms with Gasteiger partial charge in [0.1, 0.15) is 23.4 Å². The average Bonchev–Trinajstić information content (AvgIpc) is 3.13. The van der Waals surface area contributed by atoms with Crippen molar-refractivity contribution in [3.05, 3.63) is 36.6 Å². The third-order valence-electron chi connectivity index (χ3n) is 2.92. The maximum atomic E-state index is 11.7. The summed E-state index contributed by atoms with van der Waals surface area (Å²) in [7, 11) is 0. The molecule has 3 aromatic rings. The summed E-state index contributed by atoms with van der Waals surface area (Å²) in [6, 6.07) is 1.91. The zero-order valence-electron chi connectivity index (χ0n) is 11.2. The number of carbonyl (C=O) groups excluding carboxylic acids is 1. The number of nitrogens with one attached hydrogen (secondary N) is 2. The van der Waals surface area contributed by atoms with Crippen molar-refractivity contribution in [3.63, 3.8) is 0 Å². The van der Waals surface area contributed by atoms with Gasteiger partial charge in [-0.15, -0.1) is 17.9 Å². The molecule has 3 aromatic heterocycles. The summed E-state index contributed by atoms with van der Waals surface area (Å²) in [5.74, 6) is -0.0646. The molecule has 0 aromatic carbocycles. The van der Waals surface area contributed by atoms with Gasteiger partial charge in [-0.05, 0) is 12.5 Å². The van der Waals surface area contributed by atoms with E-state index in [4.69, 9.17) is 0 Å². The van der Waals surface area contributed by atoms with Crippen LogP contribution in [0, 0.1) is 0 Å². The minimum Gasteiger partial charge on any atom is -0.346 e. The van der Waals surface area contributed by atoms with Crippen molar-refractivity contribution in [1.29, 1.82) is 0 Å². The van der Waals surface area contributed by atoms with E-state index in [0.29, 0.717) is 18.0 Å². The minimum atomic E-state index is -0.0646. The highest BCUT2D eigenvalue weighted by atomic mass is 32.1. The number of anilines is 1. The molecule has 0 saturated heterocycles. The fourth-order valence-corrected chi connectivity index (χ4v) is 2.64. The first-order chi connectivity index (χ1) is 10.3. The molecular formula is C14H17N5OS. The minimum absolute atomic E-state index is 0. The SMILES string of the molecule is C=CCCC(=O)Nc1nc(-c2ncnc3[nH]ccc23)cs1.[HH].[HH]. The summed E-state index contributed by atoms with van der Waals surface area (Å²) >= 11 is 1.38. The van der Waals surface area contributed by atoms with E-state index in [1.165, 1.54) is 17.7 Å². The highest BCUT2D eigenvalue weighted by Crippen LogP contribution is 2.28. The van der Waals surface area contributed by atoms with Crippen LogP contribution < -0.4 is 5.32 Å². The monoisotopic (exact) mass is 303 g/mol. The van der Waals surface area contributed by atoms with E-state index in [-0.39, 0.29) is 8.76 Å². The maximum Gasteiger partial charge on any atom is 0.226 e. The lowest BCUT2D eigenvalue weighted by Crippen LogP contribution is -2.10. The van der Waals surface area contributed by atoms with Gasteiger partial charge in [0.25, 0.3) is 0 Å². The van der Waals surface area contributed by atoms with Gasteiger partial charge in [0.2, 0.25) is 5.91 Å².